The lowest BCUT2D eigenvalue weighted by Crippen LogP contribution is -2.43. The quantitative estimate of drug-likeness (QED) is 0.375. The SMILES string of the molecule is NC(=NO)C1CCCN1S(=O)(=O)c1ccc(F)c(F)c1. The van der Waals surface area contributed by atoms with E-state index in [-0.39, 0.29) is 17.3 Å². The van der Waals surface area contributed by atoms with Crippen LogP contribution in [0, 0.1) is 11.6 Å². The van der Waals surface area contributed by atoms with Gasteiger partial charge in [-0.2, -0.15) is 4.31 Å². The van der Waals surface area contributed by atoms with Crippen molar-refractivity contribution in [3.8, 4) is 0 Å². The van der Waals surface area contributed by atoms with Gasteiger partial charge in [0, 0.05) is 6.54 Å². The van der Waals surface area contributed by atoms with Gasteiger partial charge in [0.25, 0.3) is 0 Å². The maximum Gasteiger partial charge on any atom is 0.243 e. The van der Waals surface area contributed by atoms with E-state index in [4.69, 9.17) is 10.9 Å². The number of hydrogen-bond acceptors (Lipinski definition) is 4. The zero-order chi connectivity index (χ0) is 14.9. The van der Waals surface area contributed by atoms with Crippen LogP contribution < -0.4 is 5.73 Å². The number of benzene rings is 1. The van der Waals surface area contributed by atoms with Gasteiger partial charge in [0.2, 0.25) is 10.0 Å². The standard InChI is InChI=1S/C11H13F2N3O3S/c12-8-4-3-7(6-9(8)13)20(18,19)16-5-1-2-10(16)11(14)15-17/h3-4,6,10,17H,1-2,5H2,(H2,14,15). The monoisotopic (exact) mass is 305 g/mol. The molecule has 1 aliphatic rings. The highest BCUT2D eigenvalue weighted by Crippen LogP contribution is 2.26. The third-order valence-electron chi connectivity index (χ3n) is 3.16. The van der Waals surface area contributed by atoms with Gasteiger partial charge in [-0.3, -0.25) is 0 Å². The summed E-state index contributed by atoms with van der Waals surface area (Å²) in [5, 5.41) is 11.5. The van der Waals surface area contributed by atoms with Gasteiger partial charge in [-0.1, -0.05) is 5.16 Å². The van der Waals surface area contributed by atoms with E-state index in [1.54, 1.807) is 0 Å². The molecular formula is C11H13F2N3O3S. The molecule has 0 spiro atoms. The zero-order valence-electron chi connectivity index (χ0n) is 10.3. The fourth-order valence-corrected chi connectivity index (χ4v) is 3.84. The van der Waals surface area contributed by atoms with E-state index in [2.05, 4.69) is 5.16 Å². The Morgan fingerprint density at radius 2 is 2.10 bits per heavy atom. The molecular weight excluding hydrogens is 292 g/mol. The van der Waals surface area contributed by atoms with Crippen LogP contribution in [0.2, 0.25) is 0 Å². The van der Waals surface area contributed by atoms with Crippen molar-refractivity contribution in [2.45, 2.75) is 23.8 Å². The largest absolute Gasteiger partial charge is 0.409 e. The van der Waals surface area contributed by atoms with Crippen LogP contribution in [0.25, 0.3) is 0 Å². The van der Waals surface area contributed by atoms with Crippen LogP contribution in [0.3, 0.4) is 0 Å². The fourth-order valence-electron chi connectivity index (χ4n) is 2.16. The van der Waals surface area contributed by atoms with Gasteiger partial charge in [0.15, 0.2) is 17.5 Å². The number of halogens is 2. The predicted octanol–water partition coefficient (Wildman–Crippen LogP) is 0.864. The Morgan fingerprint density at radius 1 is 1.40 bits per heavy atom. The molecule has 9 heteroatoms. The number of sulfonamides is 1. The highest BCUT2D eigenvalue weighted by atomic mass is 32.2. The van der Waals surface area contributed by atoms with E-state index in [0.717, 1.165) is 16.4 Å². The Morgan fingerprint density at radius 3 is 2.70 bits per heavy atom. The molecule has 2 rings (SSSR count). The minimum atomic E-state index is -4.03. The third kappa shape index (κ3) is 2.46. The normalized spacial score (nSPS) is 21.3. The Bertz CT molecular complexity index is 648. The third-order valence-corrected chi connectivity index (χ3v) is 5.06. The maximum atomic E-state index is 13.2. The zero-order valence-corrected chi connectivity index (χ0v) is 11.1. The van der Waals surface area contributed by atoms with Crippen LogP contribution in [-0.2, 0) is 10.0 Å². The van der Waals surface area contributed by atoms with Crippen molar-refractivity contribution in [2.75, 3.05) is 6.54 Å². The molecule has 0 amide bonds. The summed E-state index contributed by atoms with van der Waals surface area (Å²) < 4.78 is 51.8. The highest BCUT2D eigenvalue weighted by molar-refractivity contribution is 7.89. The first-order valence-corrected chi connectivity index (χ1v) is 7.26. The van der Waals surface area contributed by atoms with Crippen molar-refractivity contribution in [3.05, 3.63) is 29.8 Å². The van der Waals surface area contributed by atoms with Crippen molar-refractivity contribution in [3.63, 3.8) is 0 Å². The minimum Gasteiger partial charge on any atom is -0.409 e. The number of oxime groups is 1. The van der Waals surface area contributed by atoms with Crippen molar-refractivity contribution in [1.82, 2.24) is 4.31 Å². The second-order valence-electron chi connectivity index (χ2n) is 4.37. The van der Waals surface area contributed by atoms with Gasteiger partial charge in [0.05, 0.1) is 10.9 Å². The lowest BCUT2D eigenvalue weighted by Gasteiger charge is -2.22. The lowest BCUT2D eigenvalue weighted by atomic mass is 10.2. The summed E-state index contributed by atoms with van der Waals surface area (Å²) in [5.41, 5.74) is 5.46. The summed E-state index contributed by atoms with van der Waals surface area (Å²) in [5.74, 6) is -2.60. The van der Waals surface area contributed by atoms with Gasteiger partial charge in [-0.05, 0) is 31.0 Å². The Labute approximate surface area is 114 Å². The molecule has 1 atom stereocenters. The average molecular weight is 305 g/mol. The molecule has 1 aromatic carbocycles. The van der Waals surface area contributed by atoms with E-state index < -0.39 is 27.7 Å². The summed E-state index contributed by atoms with van der Waals surface area (Å²) in [6, 6.07) is 1.57. The van der Waals surface area contributed by atoms with Gasteiger partial charge in [0.1, 0.15) is 0 Å². The second kappa shape index (κ2) is 5.33. The van der Waals surface area contributed by atoms with E-state index in [9.17, 15) is 17.2 Å². The molecule has 0 radical (unpaired) electrons. The van der Waals surface area contributed by atoms with Crippen LogP contribution in [-0.4, -0.2) is 36.4 Å². The average Bonchev–Trinajstić information content (AvgIpc) is 2.90. The van der Waals surface area contributed by atoms with Gasteiger partial charge >= 0.3 is 0 Å². The maximum absolute atomic E-state index is 13.2. The Hall–Kier alpha value is -1.74. The van der Waals surface area contributed by atoms with Crippen molar-refractivity contribution >= 4 is 15.9 Å². The lowest BCUT2D eigenvalue weighted by molar-refractivity contribution is 0.311. The van der Waals surface area contributed by atoms with E-state index in [0.29, 0.717) is 18.9 Å². The van der Waals surface area contributed by atoms with Crippen LogP contribution in [0.15, 0.2) is 28.3 Å². The van der Waals surface area contributed by atoms with E-state index in [1.807, 2.05) is 0 Å². The molecule has 1 aliphatic heterocycles. The number of nitrogens with zero attached hydrogens (tertiary/aromatic N) is 2. The number of amidine groups is 1. The van der Waals surface area contributed by atoms with Crippen LogP contribution in [0.1, 0.15) is 12.8 Å². The van der Waals surface area contributed by atoms with Gasteiger partial charge < -0.3 is 10.9 Å². The molecule has 0 aliphatic carbocycles. The summed E-state index contributed by atoms with van der Waals surface area (Å²) in [4.78, 5) is -0.367. The molecule has 1 aromatic rings. The molecule has 6 nitrogen and oxygen atoms in total. The summed E-state index contributed by atoms with van der Waals surface area (Å²) in [6.07, 6.45) is 0.933. The molecule has 110 valence electrons. The minimum absolute atomic E-state index is 0.169. The number of hydrogen-bond donors (Lipinski definition) is 2. The summed E-state index contributed by atoms with van der Waals surface area (Å²) in [7, 11) is -4.03. The molecule has 1 saturated heterocycles. The number of rotatable bonds is 3. The van der Waals surface area contributed by atoms with Crippen LogP contribution in [0.5, 0.6) is 0 Å². The molecule has 0 saturated carbocycles. The van der Waals surface area contributed by atoms with Crippen molar-refractivity contribution < 1.29 is 22.4 Å². The van der Waals surface area contributed by atoms with Gasteiger partial charge in [-0.15, -0.1) is 0 Å². The van der Waals surface area contributed by atoms with E-state index >= 15 is 0 Å². The van der Waals surface area contributed by atoms with Gasteiger partial charge in [-0.25, -0.2) is 17.2 Å². The fraction of sp³-hybridized carbons (Fsp3) is 0.364. The molecule has 0 bridgehead atoms. The highest BCUT2D eigenvalue weighted by Gasteiger charge is 2.38. The van der Waals surface area contributed by atoms with E-state index in [1.165, 1.54) is 0 Å². The smallest absolute Gasteiger partial charge is 0.243 e. The first-order valence-electron chi connectivity index (χ1n) is 5.82. The summed E-state index contributed by atoms with van der Waals surface area (Å²) >= 11 is 0. The Balaban J connectivity index is 2.41. The van der Waals surface area contributed by atoms with Crippen molar-refractivity contribution in [1.29, 1.82) is 0 Å². The number of nitrogens with two attached hydrogens (primary N) is 1. The predicted molar refractivity (Wildman–Crippen MR) is 66.7 cm³/mol. The Kier molecular flexibility index (Phi) is 3.91. The van der Waals surface area contributed by atoms with Crippen LogP contribution in [0.4, 0.5) is 8.78 Å². The molecule has 3 N–H and O–H groups in total. The molecule has 0 aromatic heterocycles. The first kappa shape index (κ1) is 14.7. The molecule has 20 heavy (non-hydrogen) atoms. The first-order chi connectivity index (χ1) is 9.37. The molecule has 1 unspecified atom stereocenters. The molecule has 1 fully saturated rings. The topological polar surface area (TPSA) is 96.0 Å². The van der Waals surface area contributed by atoms with Crippen LogP contribution >= 0.6 is 0 Å². The summed E-state index contributed by atoms with van der Waals surface area (Å²) in [6.45, 7) is 0.169. The second-order valence-corrected chi connectivity index (χ2v) is 6.27. The van der Waals surface area contributed by atoms with Crippen molar-refractivity contribution in [2.24, 2.45) is 10.9 Å². The molecule has 1 heterocycles.